The van der Waals surface area contributed by atoms with E-state index in [2.05, 4.69) is 10.5 Å². The molecule has 1 amide bonds. The Bertz CT molecular complexity index is 1360. The molecule has 0 aliphatic rings. The second kappa shape index (κ2) is 12.6. The van der Waals surface area contributed by atoms with Gasteiger partial charge in [0, 0.05) is 17.1 Å². The summed E-state index contributed by atoms with van der Waals surface area (Å²) in [5.74, 6) is 0.588. The van der Waals surface area contributed by atoms with Crippen LogP contribution >= 0.6 is 11.6 Å². The molecular formula is C26H28ClN3O6S. The van der Waals surface area contributed by atoms with Gasteiger partial charge in [0.05, 0.1) is 39.0 Å². The number of ether oxygens (including phenoxy) is 3. The zero-order valence-corrected chi connectivity index (χ0v) is 22.5. The van der Waals surface area contributed by atoms with E-state index in [1.54, 1.807) is 48.5 Å². The fraction of sp³-hybridized carbons (Fsp3) is 0.231. The van der Waals surface area contributed by atoms with E-state index in [9.17, 15) is 13.2 Å². The van der Waals surface area contributed by atoms with Crippen LogP contribution in [0.15, 0.2) is 70.7 Å². The van der Waals surface area contributed by atoms with E-state index in [1.165, 1.54) is 39.7 Å². The summed E-state index contributed by atoms with van der Waals surface area (Å²) in [7, 11) is 0.466. The molecule has 0 fully saturated rings. The van der Waals surface area contributed by atoms with Gasteiger partial charge in [0.2, 0.25) is 15.8 Å². The highest BCUT2D eigenvalue weighted by Gasteiger charge is 2.27. The number of carbonyl (C=O) groups is 1. The molecule has 1 N–H and O–H groups in total. The first-order valence-corrected chi connectivity index (χ1v) is 12.9. The van der Waals surface area contributed by atoms with Gasteiger partial charge < -0.3 is 14.2 Å². The fourth-order valence-corrected chi connectivity index (χ4v) is 4.98. The number of methoxy groups -OCH3 is 3. The van der Waals surface area contributed by atoms with E-state index in [4.69, 9.17) is 25.8 Å². The highest BCUT2D eigenvalue weighted by molar-refractivity contribution is 7.89. The van der Waals surface area contributed by atoms with Crippen molar-refractivity contribution in [3.05, 3.63) is 82.4 Å². The number of nitrogens with zero attached hydrogens (tertiary/aromatic N) is 2. The number of hydrogen-bond acceptors (Lipinski definition) is 7. The topological polar surface area (TPSA) is 107 Å². The van der Waals surface area contributed by atoms with Crippen molar-refractivity contribution in [3.63, 3.8) is 0 Å². The molecule has 0 aliphatic carbocycles. The summed E-state index contributed by atoms with van der Waals surface area (Å²) in [6.07, 6.45) is 1.37. The third kappa shape index (κ3) is 7.00. The monoisotopic (exact) mass is 545 g/mol. The van der Waals surface area contributed by atoms with Gasteiger partial charge in [-0.05, 0) is 48.9 Å². The molecule has 3 aromatic carbocycles. The number of benzene rings is 3. The van der Waals surface area contributed by atoms with E-state index in [-0.39, 0.29) is 11.4 Å². The molecule has 11 heteroatoms. The molecule has 0 spiro atoms. The molecule has 0 saturated heterocycles. The van der Waals surface area contributed by atoms with Crippen LogP contribution in [-0.4, -0.2) is 52.7 Å². The lowest BCUT2D eigenvalue weighted by molar-refractivity contribution is -0.121. The van der Waals surface area contributed by atoms with Crippen molar-refractivity contribution in [1.82, 2.24) is 9.73 Å². The number of hydrazone groups is 1. The summed E-state index contributed by atoms with van der Waals surface area (Å²) in [5, 5.41) is 4.50. The van der Waals surface area contributed by atoms with Gasteiger partial charge in [-0.15, -0.1) is 0 Å². The molecule has 9 nitrogen and oxygen atoms in total. The molecule has 0 aromatic heterocycles. The van der Waals surface area contributed by atoms with Gasteiger partial charge in [-0.1, -0.05) is 41.4 Å². The number of amides is 1. The summed E-state index contributed by atoms with van der Waals surface area (Å²) in [5.41, 5.74) is 4.49. The van der Waals surface area contributed by atoms with E-state index < -0.39 is 22.5 Å². The Kier molecular flexibility index (Phi) is 9.51. The molecule has 0 heterocycles. The molecule has 3 rings (SSSR count). The van der Waals surface area contributed by atoms with Crippen LogP contribution in [0.2, 0.25) is 5.02 Å². The normalized spacial score (nSPS) is 11.5. The summed E-state index contributed by atoms with van der Waals surface area (Å²) in [6, 6.07) is 16.5. The van der Waals surface area contributed by atoms with Gasteiger partial charge in [-0.2, -0.15) is 9.41 Å². The molecule has 0 aliphatic heterocycles. The Balaban J connectivity index is 1.82. The lowest BCUT2D eigenvalue weighted by Gasteiger charge is -2.21. The minimum atomic E-state index is -3.99. The SMILES string of the molecule is COc1ccc(/C=N\NC(=O)CN(Cc2ccc(Cl)cc2)S(=O)(=O)c2ccc(C)cc2)c(OC)c1OC. The average molecular weight is 546 g/mol. The molecule has 0 unspecified atom stereocenters. The Morgan fingerprint density at radius 3 is 2.19 bits per heavy atom. The Morgan fingerprint density at radius 1 is 0.946 bits per heavy atom. The highest BCUT2D eigenvalue weighted by Crippen LogP contribution is 2.39. The number of hydrogen-bond donors (Lipinski definition) is 1. The Labute approximate surface area is 221 Å². The molecule has 0 bridgehead atoms. The molecule has 0 saturated carbocycles. The highest BCUT2D eigenvalue weighted by atomic mass is 35.5. The molecule has 3 aromatic rings. The molecule has 37 heavy (non-hydrogen) atoms. The maximum Gasteiger partial charge on any atom is 0.255 e. The third-order valence-electron chi connectivity index (χ3n) is 5.38. The van der Waals surface area contributed by atoms with E-state index >= 15 is 0 Å². The summed E-state index contributed by atoms with van der Waals surface area (Å²) >= 11 is 5.96. The van der Waals surface area contributed by atoms with Crippen molar-refractivity contribution in [2.45, 2.75) is 18.4 Å². The van der Waals surface area contributed by atoms with Crippen molar-refractivity contribution in [3.8, 4) is 17.2 Å². The van der Waals surface area contributed by atoms with Crippen LogP contribution in [-0.2, 0) is 21.4 Å². The quantitative estimate of drug-likeness (QED) is 0.288. The predicted octanol–water partition coefficient (Wildman–Crippen LogP) is 4.02. The van der Waals surface area contributed by atoms with Crippen LogP contribution in [0.5, 0.6) is 17.2 Å². The number of halogens is 1. The standard InChI is InChI=1S/C26H28ClN3O6S/c1-18-5-12-22(13-6-18)37(32,33)30(16-19-7-10-21(27)11-8-19)17-24(31)29-28-15-20-9-14-23(34-2)26(36-4)25(20)35-3/h5-15H,16-17H2,1-4H3,(H,29,31)/b28-15-. The summed E-state index contributed by atoms with van der Waals surface area (Å²) in [6.45, 7) is 1.37. The molecule has 0 radical (unpaired) electrons. The van der Waals surface area contributed by atoms with Crippen molar-refractivity contribution in [2.75, 3.05) is 27.9 Å². The van der Waals surface area contributed by atoms with Crippen LogP contribution in [0.3, 0.4) is 0 Å². The van der Waals surface area contributed by atoms with Crippen molar-refractivity contribution >= 4 is 33.7 Å². The molecule has 196 valence electrons. The van der Waals surface area contributed by atoms with Gasteiger partial charge in [-0.25, -0.2) is 13.8 Å². The van der Waals surface area contributed by atoms with Crippen molar-refractivity contribution in [1.29, 1.82) is 0 Å². The minimum absolute atomic E-state index is 0.0337. The summed E-state index contributed by atoms with van der Waals surface area (Å²) in [4.78, 5) is 12.9. The first-order chi connectivity index (χ1) is 17.7. The maximum atomic E-state index is 13.4. The van der Waals surface area contributed by atoms with E-state index in [0.29, 0.717) is 33.4 Å². The fourth-order valence-electron chi connectivity index (χ4n) is 3.47. The van der Waals surface area contributed by atoms with Gasteiger partial charge in [-0.3, -0.25) is 4.79 Å². The zero-order chi connectivity index (χ0) is 27.0. The predicted molar refractivity (Wildman–Crippen MR) is 142 cm³/mol. The maximum absolute atomic E-state index is 13.4. The number of nitrogens with one attached hydrogen (secondary N) is 1. The number of carbonyl (C=O) groups excluding carboxylic acids is 1. The van der Waals surface area contributed by atoms with E-state index in [0.717, 1.165) is 9.87 Å². The van der Waals surface area contributed by atoms with Crippen LogP contribution < -0.4 is 19.6 Å². The van der Waals surface area contributed by atoms with Crippen molar-refractivity contribution in [2.24, 2.45) is 5.10 Å². The first-order valence-electron chi connectivity index (χ1n) is 11.1. The smallest absolute Gasteiger partial charge is 0.255 e. The van der Waals surface area contributed by atoms with Crippen LogP contribution in [0.1, 0.15) is 16.7 Å². The van der Waals surface area contributed by atoms with Gasteiger partial charge in [0.25, 0.3) is 5.91 Å². The van der Waals surface area contributed by atoms with Gasteiger partial charge in [0.15, 0.2) is 11.5 Å². The van der Waals surface area contributed by atoms with Crippen LogP contribution in [0, 0.1) is 6.92 Å². The van der Waals surface area contributed by atoms with Gasteiger partial charge in [0.1, 0.15) is 0 Å². The lowest BCUT2D eigenvalue weighted by atomic mass is 10.2. The second-order valence-corrected chi connectivity index (χ2v) is 10.3. The molecule has 0 atom stereocenters. The number of aryl methyl sites for hydroxylation is 1. The lowest BCUT2D eigenvalue weighted by Crippen LogP contribution is -2.39. The number of sulfonamides is 1. The number of rotatable bonds is 11. The Morgan fingerprint density at radius 2 is 1.59 bits per heavy atom. The van der Waals surface area contributed by atoms with Crippen LogP contribution in [0.25, 0.3) is 0 Å². The molecular weight excluding hydrogens is 518 g/mol. The largest absolute Gasteiger partial charge is 0.493 e. The second-order valence-electron chi connectivity index (χ2n) is 7.93. The zero-order valence-electron chi connectivity index (χ0n) is 20.9. The van der Waals surface area contributed by atoms with Crippen LogP contribution in [0.4, 0.5) is 0 Å². The Hall–Kier alpha value is -3.60. The first kappa shape index (κ1) is 28.0. The van der Waals surface area contributed by atoms with Crippen molar-refractivity contribution < 1.29 is 27.4 Å². The van der Waals surface area contributed by atoms with E-state index in [1.807, 2.05) is 6.92 Å². The third-order valence-corrected chi connectivity index (χ3v) is 7.44. The van der Waals surface area contributed by atoms with Gasteiger partial charge >= 0.3 is 0 Å². The minimum Gasteiger partial charge on any atom is -0.493 e. The summed E-state index contributed by atoms with van der Waals surface area (Å²) < 4.78 is 43.9. The average Bonchev–Trinajstić information content (AvgIpc) is 2.89.